The van der Waals surface area contributed by atoms with Crippen LogP contribution < -0.4 is 0 Å². The summed E-state index contributed by atoms with van der Waals surface area (Å²) in [4.78, 5) is 15.7. The number of hydrogen-bond acceptors (Lipinski definition) is 3. The van der Waals surface area contributed by atoms with E-state index >= 15 is 0 Å². The van der Waals surface area contributed by atoms with Crippen LogP contribution in [-0.4, -0.2) is 54.1 Å². The number of rotatable bonds is 4. The molecule has 1 aromatic carbocycles. The lowest BCUT2D eigenvalue weighted by atomic mass is 9.86. The van der Waals surface area contributed by atoms with Crippen LogP contribution in [0, 0.1) is 5.82 Å². The van der Waals surface area contributed by atoms with Gasteiger partial charge in [0.2, 0.25) is 0 Å². The Labute approximate surface area is 132 Å². The van der Waals surface area contributed by atoms with Gasteiger partial charge in [0.1, 0.15) is 5.82 Å². The fourth-order valence-corrected chi connectivity index (χ4v) is 3.68. The molecule has 21 heavy (non-hydrogen) atoms. The van der Waals surface area contributed by atoms with Gasteiger partial charge < -0.3 is 10.0 Å². The number of carboxylic acid groups (broad SMARTS) is 1. The molecule has 4 nitrogen and oxygen atoms in total. The predicted molar refractivity (Wildman–Crippen MR) is 82.8 cm³/mol. The standard InChI is InChI=1S/C15H20BrFN2O2/c1-15(10-14(20)21,19-7-5-18(2)6-8-19)12-4-3-11(17)9-13(12)16/h3-4,9H,5-8,10H2,1-2H3,(H,20,21). The maximum absolute atomic E-state index is 13.3. The Morgan fingerprint density at radius 1 is 1.38 bits per heavy atom. The molecule has 1 aliphatic rings. The lowest BCUT2D eigenvalue weighted by Gasteiger charge is -2.45. The van der Waals surface area contributed by atoms with E-state index in [0.717, 1.165) is 31.7 Å². The van der Waals surface area contributed by atoms with Gasteiger partial charge in [-0.25, -0.2) is 4.39 Å². The fourth-order valence-electron chi connectivity index (χ4n) is 2.90. The van der Waals surface area contributed by atoms with Crippen LogP contribution in [-0.2, 0) is 10.3 Å². The highest BCUT2D eigenvalue weighted by molar-refractivity contribution is 9.10. The van der Waals surface area contributed by atoms with Gasteiger partial charge in [0.15, 0.2) is 0 Å². The van der Waals surface area contributed by atoms with E-state index in [1.165, 1.54) is 12.1 Å². The molecule has 0 aliphatic carbocycles. The lowest BCUT2D eigenvalue weighted by molar-refractivity contribution is -0.140. The summed E-state index contributed by atoms with van der Waals surface area (Å²) in [6, 6.07) is 4.46. The Hall–Kier alpha value is -0.980. The minimum Gasteiger partial charge on any atom is -0.481 e. The Morgan fingerprint density at radius 2 is 2.00 bits per heavy atom. The Bertz CT molecular complexity index is 532. The second-order valence-corrected chi connectivity index (χ2v) is 6.61. The molecular weight excluding hydrogens is 339 g/mol. The number of halogens is 2. The van der Waals surface area contributed by atoms with Gasteiger partial charge >= 0.3 is 5.97 Å². The Kier molecular flexibility index (Phi) is 5.01. The molecule has 6 heteroatoms. The number of carboxylic acids is 1. The van der Waals surface area contributed by atoms with Gasteiger partial charge in [-0.1, -0.05) is 22.0 Å². The van der Waals surface area contributed by atoms with E-state index in [-0.39, 0.29) is 12.2 Å². The van der Waals surface area contributed by atoms with Crippen LogP contribution in [0.1, 0.15) is 18.9 Å². The van der Waals surface area contributed by atoms with Crippen LogP contribution in [0.3, 0.4) is 0 Å². The van der Waals surface area contributed by atoms with Crippen molar-refractivity contribution < 1.29 is 14.3 Å². The van der Waals surface area contributed by atoms with Crippen molar-refractivity contribution in [2.75, 3.05) is 33.2 Å². The highest BCUT2D eigenvalue weighted by Crippen LogP contribution is 2.37. The second-order valence-electron chi connectivity index (χ2n) is 5.76. The van der Waals surface area contributed by atoms with E-state index in [0.29, 0.717) is 4.47 Å². The molecule has 1 unspecified atom stereocenters. The Morgan fingerprint density at radius 3 is 2.52 bits per heavy atom. The molecule has 1 heterocycles. The van der Waals surface area contributed by atoms with E-state index in [1.807, 2.05) is 6.92 Å². The van der Waals surface area contributed by atoms with Gasteiger partial charge in [-0.3, -0.25) is 9.69 Å². The van der Waals surface area contributed by atoms with Crippen molar-refractivity contribution in [2.45, 2.75) is 18.9 Å². The van der Waals surface area contributed by atoms with Gasteiger partial charge in [-0.15, -0.1) is 0 Å². The summed E-state index contributed by atoms with van der Waals surface area (Å²) in [5.41, 5.74) is 0.162. The van der Waals surface area contributed by atoms with Crippen LogP contribution in [0.4, 0.5) is 4.39 Å². The summed E-state index contributed by atoms with van der Waals surface area (Å²) in [7, 11) is 2.06. The predicted octanol–water partition coefficient (Wildman–Crippen LogP) is 2.53. The highest BCUT2D eigenvalue weighted by Gasteiger charge is 2.38. The van der Waals surface area contributed by atoms with Crippen molar-refractivity contribution in [1.82, 2.24) is 9.80 Å². The van der Waals surface area contributed by atoms with E-state index in [4.69, 9.17) is 0 Å². The lowest BCUT2D eigenvalue weighted by Crippen LogP contribution is -2.54. The third kappa shape index (κ3) is 3.62. The molecule has 1 fully saturated rings. The van der Waals surface area contributed by atoms with E-state index in [2.05, 4.69) is 32.8 Å². The molecule has 0 spiro atoms. The molecular formula is C15H20BrFN2O2. The number of likely N-dealkylation sites (N-methyl/N-ethyl adjacent to an activating group) is 1. The van der Waals surface area contributed by atoms with Crippen LogP contribution in [0.15, 0.2) is 22.7 Å². The summed E-state index contributed by atoms with van der Waals surface area (Å²) in [5.74, 6) is -1.19. The second kappa shape index (κ2) is 6.42. The molecule has 0 bridgehead atoms. The molecule has 0 saturated carbocycles. The molecule has 1 N–H and O–H groups in total. The minimum atomic E-state index is -0.854. The number of hydrogen-bond donors (Lipinski definition) is 1. The van der Waals surface area contributed by atoms with E-state index < -0.39 is 11.5 Å². The molecule has 0 amide bonds. The van der Waals surface area contributed by atoms with Crippen molar-refractivity contribution in [3.05, 3.63) is 34.1 Å². The Balaban J connectivity index is 2.38. The summed E-state index contributed by atoms with van der Waals surface area (Å²) in [5, 5.41) is 9.31. The fraction of sp³-hybridized carbons (Fsp3) is 0.533. The average Bonchev–Trinajstić information content (AvgIpc) is 2.38. The SMILES string of the molecule is CN1CCN(C(C)(CC(=O)O)c2ccc(F)cc2Br)CC1. The molecule has 0 radical (unpaired) electrons. The summed E-state index contributed by atoms with van der Waals surface area (Å²) in [6.45, 7) is 5.31. The number of carbonyl (C=O) groups is 1. The van der Waals surface area contributed by atoms with Crippen molar-refractivity contribution in [3.63, 3.8) is 0 Å². The normalized spacial score (nSPS) is 20.2. The van der Waals surface area contributed by atoms with Gasteiger partial charge in [-0.05, 0) is 31.7 Å². The number of benzene rings is 1. The first kappa shape index (κ1) is 16.4. The summed E-state index contributed by atoms with van der Waals surface area (Å²) in [6.07, 6.45) is -0.0129. The van der Waals surface area contributed by atoms with Gasteiger partial charge in [-0.2, -0.15) is 0 Å². The molecule has 1 aliphatic heterocycles. The minimum absolute atomic E-state index is 0.0129. The molecule has 1 aromatic rings. The van der Waals surface area contributed by atoms with Crippen molar-refractivity contribution in [2.24, 2.45) is 0 Å². The maximum Gasteiger partial charge on any atom is 0.305 e. The van der Waals surface area contributed by atoms with Crippen molar-refractivity contribution >= 4 is 21.9 Å². The summed E-state index contributed by atoms with van der Waals surface area (Å²) < 4.78 is 13.9. The number of aliphatic carboxylic acids is 1. The third-order valence-electron chi connectivity index (χ3n) is 4.21. The van der Waals surface area contributed by atoms with Gasteiger partial charge in [0.25, 0.3) is 0 Å². The maximum atomic E-state index is 13.3. The molecule has 2 rings (SSSR count). The largest absolute Gasteiger partial charge is 0.481 e. The quantitative estimate of drug-likeness (QED) is 0.897. The zero-order valence-corrected chi connectivity index (χ0v) is 13.9. The monoisotopic (exact) mass is 358 g/mol. The first-order valence-corrected chi connectivity index (χ1v) is 7.73. The van der Waals surface area contributed by atoms with Crippen LogP contribution >= 0.6 is 15.9 Å². The van der Waals surface area contributed by atoms with Crippen LogP contribution in [0.5, 0.6) is 0 Å². The number of nitrogens with zero attached hydrogens (tertiary/aromatic N) is 2. The molecule has 1 saturated heterocycles. The molecule has 0 aromatic heterocycles. The molecule has 116 valence electrons. The van der Waals surface area contributed by atoms with Crippen molar-refractivity contribution in [1.29, 1.82) is 0 Å². The highest BCUT2D eigenvalue weighted by atomic mass is 79.9. The van der Waals surface area contributed by atoms with Gasteiger partial charge in [0.05, 0.1) is 12.0 Å². The van der Waals surface area contributed by atoms with Crippen LogP contribution in [0.2, 0.25) is 0 Å². The smallest absolute Gasteiger partial charge is 0.305 e. The summed E-state index contributed by atoms with van der Waals surface area (Å²) >= 11 is 3.38. The zero-order chi connectivity index (χ0) is 15.6. The average molecular weight is 359 g/mol. The van der Waals surface area contributed by atoms with Gasteiger partial charge in [0, 0.05) is 30.7 Å². The molecule has 1 atom stereocenters. The first-order valence-electron chi connectivity index (χ1n) is 6.94. The topological polar surface area (TPSA) is 43.8 Å². The van der Waals surface area contributed by atoms with E-state index in [1.54, 1.807) is 6.07 Å². The van der Waals surface area contributed by atoms with Crippen molar-refractivity contribution in [3.8, 4) is 0 Å². The number of piperazine rings is 1. The third-order valence-corrected chi connectivity index (χ3v) is 4.86. The van der Waals surface area contributed by atoms with Crippen LogP contribution in [0.25, 0.3) is 0 Å². The van der Waals surface area contributed by atoms with E-state index in [9.17, 15) is 14.3 Å². The zero-order valence-electron chi connectivity index (χ0n) is 12.3. The first-order chi connectivity index (χ1) is 9.83.